The van der Waals surface area contributed by atoms with Crippen LogP contribution in [0.5, 0.6) is 11.5 Å². The second-order valence-electron chi connectivity index (χ2n) is 7.00. The van der Waals surface area contributed by atoms with Crippen LogP contribution in [0.1, 0.15) is 35.2 Å². The van der Waals surface area contributed by atoms with Crippen LogP contribution in [0.4, 0.5) is 5.69 Å². The van der Waals surface area contributed by atoms with Crippen molar-refractivity contribution in [3.63, 3.8) is 0 Å². The summed E-state index contributed by atoms with van der Waals surface area (Å²) in [6, 6.07) is 9.48. The Balaban J connectivity index is 1.60. The largest absolute Gasteiger partial charge is 0.454 e. The molecular weight excluding hydrogens is 380 g/mol. The fourth-order valence-corrected chi connectivity index (χ4v) is 4.52. The van der Waals surface area contributed by atoms with Gasteiger partial charge in [-0.05, 0) is 56.0 Å². The fraction of sp³-hybridized carbons (Fsp3) is 0.350. The first-order valence-corrected chi connectivity index (χ1v) is 10.7. The third kappa shape index (κ3) is 3.64. The molecule has 0 bridgehead atoms. The number of sulfonamides is 1. The first-order chi connectivity index (χ1) is 13.4. The van der Waals surface area contributed by atoms with Crippen molar-refractivity contribution < 1.29 is 22.7 Å². The van der Waals surface area contributed by atoms with Crippen LogP contribution >= 0.6 is 0 Å². The minimum absolute atomic E-state index is 0.0520. The SMILES string of the molecule is Cc1ccc(S(=O)(=O)Nc2ccc3c(c2)OCO3)cc1C(=O)N1CCCCC1. The molecule has 0 atom stereocenters. The molecule has 0 aliphatic carbocycles. The van der Waals surface area contributed by atoms with Gasteiger partial charge in [0.15, 0.2) is 11.5 Å². The lowest BCUT2D eigenvalue weighted by molar-refractivity contribution is 0.0723. The number of likely N-dealkylation sites (tertiary alicyclic amines) is 1. The van der Waals surface area contributed by atoms with Crippen molar-refractivity contribution in [2.45, 2.75) is 31.1 Å². The van der Waals surface area contributed by atoms with E-state index < -0.39 is 10.0 Å². The zero-order valence-electron chi connectivity index (χ0n) is 15.6. The Morgan fingerprint density at radius 2 is 1.75 bits per heavy atom. The van der Waals surface area contributed by atoms with Crippen molar-refractivity contribution >= 4 is 21.6 Å². The molecule has 2 aliphatic heterocycles. The molecule has 8 heteroatoms. The van der Waals surface area contributed by atoms with Crippen LogP contribution in [0.15, 0.2) is 41.3 Å². The van der Waals surface area contributed by atoms with Crippen LogP contribution in [-0.2, 0) is 10.0 Å². The molecule has 1 fully saturated rings. The zero-order valence-corrected chi connectivity index (χ0v) is 16.4. The van der Waals surface area contributed by atoms with E-state index in [0.717, 1.165) is 24.8 Å². The highest BCUT2D eigenvalue weighted by molar-refractivity contribution is 7.92. The molecule has 1 saturated heterocycles. The maximum absolute atomic E-state index is 12.9. The topological polar surface area (TPSA) is 84.9 Å². The van der Waals surface area contributed by atoms with Crippen molar-refractivity contribution in [2.75, 3.05) is 24.6 Å². The van der Waals surface area contributed by atoms with Crippen LogP contribution in [0, 0.1) is 6.92 Å². The number of ether oxygens (including phenoxy) is 2. The minimum atomic E-state index is -3.85. The summed E-state index contributed by atoms with van der Waals surface area (Å²) in [6.45, 7) is 3.36. The number of hydrogen-bond acceptors (Lipinski definition) is 5. The maximum Gasteiger partial charge on any atom is 0.261 e. The highest BCUT2D eigenvalue weighted by atomic mass is 32.2. The van der Waals surface area contributed by atoms with Gasteiger partial charge >= 0.3 is 0 Å². The van der Waals surface area contributed by atoms with Gasteiger partial charge in [0.1, 0.15) is 0 Å². The number of nitrogens with zero attached hydrogens (tertiary/aromatic N) is 1. The van der Waals surface area contributed by atoms with E-state index in [-0.39, 0.29) is 17.6 Å². The van der Waals surface area contributed by atoms with Gasteiger partial charge in [0, 0.05) is 24.7 Å². The van der Waals surface area contributed by atoms with Crippen LogP contribution in [-0.4, -0.2) is 39.1 Å². The summed E-state index contributed by atoms with van der Waals surface area (Å²) in [5.41, 5.74) is 1.56. The minimum Gasteiger partial charge on any atom is -0.454 e. The number of carbonyl (C=O) groups excluding carboxylic acids is 1. The molecule has 28 heavy (non-hydrogen) atoms. The fourth-order valence-electron chi connectivity index (χ4n) is 3.44. The second-order valence-corrected chi connectivity index (χ2v) is 8.69. The molecule has 2 aliphatic rings. The van der Waals surface area contributed by atoms with Gasteiger partial charge < -0.3 is 14.4 Å². The predicted molar refractivity (Wildman–Crippen MR) is 104 cm³/mol. The van der Waals surface area contributed by atoms with Gasteiger partial charge in [0.25, 0.3) is 15.9 Å². The lowest BCUT2D eigenvalue weighted by Gasteiger charge is -2.27. The number of fused-ring (bicyclic) bond motifs is 1. The summed E-state index contributed by atoms with van der Waals surface area (Å²) in [5.74, 6) is 0.954. The summed E-state index contributed by atoms with van der Waals surface area (Å²) in [5, 5.41) is 0. The van der Waals surface area contributed by atoms with Gasteiger partial charge in [0.05, 0.1) is 10.6 Å². The third-order valence-electron chi connectivity index (χ3n) is 5.02. The first-order valence-electron chi connectivity index (χ1n) is 9.26. The summed E-state index contributed by atoms with van der Waals surface area (Å²) in [6.07, 6.45) is 3.08. The normalized spacial score (nSPS) is 16.1. The Labute approximate surface area is 164 Å². The Kier molecular flexibility index (Phi) is 4.89. The summed E-state index contributed by atoms with van der Waals surface area (Å²) in [7, 11) is -3.85. The van der Waals surface area contributed by atoms with E-state index >= 15 is 0 Å². The van der Waals surface area contributed by atoms with E-state index in [0.29, 0.717) is 35.8 Å². The maximum atomic E-state index is 12.9. The van der Waals surface area contributed by atoms with Gasteiger partial charge in [-0.3, -0.25) is 9.52 Å². The van der Waals surface area contributed by atoms with Crippen LogP contribution in [0.3, 0.4) is 0 Å². The molecule has 0 unspecified atom stereocenters. The Bertz CT molecular complexity index is 1010. The number of anilines is 1. The summed E-state index contributed by atoms with van der Waals surface area (Å²) >= 11 is 0. The van der Waals surface area contributed by atoms with Crippen molar-refractivity contribution in [1.29, 1.82) is 0 Å². The molecule has 2 heterocycles. The first kappa shape index (κ1) is 18.6. The van der Waals surface area contributed by atoms with Crippen LogP contribution in [0.25, 0.3) is 0 Å². The van der Waals surface area contributed by atoms with E-state index in [1.807, 2.05) is 6.92 Å². The quantitative estimate of drug-likeness (QED) is 0.849. The molecule has 0 aromatic heterocycles. The number of aryl methyl sites for hydroxylation is 1. The van der Waals surface area contributed by atoms with Crippen LogP contribution in [0.2, 0.25) is 0 Å². The molecule has 1 N–H and O–H groups in total. The van der Waals surface area contributed by atoms with Crippen molar-refractivity contribution in [1.82, 2.24) is 4.90 Å². The predicted octanol–water partition coefficient (Wildman–Crippen LogP) is 3.15. The molecule has 4 rings (SSSR count). The van der Waals surface area contributed by atoms with E-state index in [9.17, 15) is 13.2 Å². The van der Waals surface area contributed by atoms with E-state index in [2.05, 4.69) is 4.72 Å². The number of rotatable bonds is 4. The Hall–Kier alpha value is -2.74. The molecule has 0 saturated carbocycles. The number of carbonyl (C=O) groups is 1. The van der Waals surface area contributed by atoms with Gasteiger partial charge in [-0.2, -0.15) is 0 Å². The average molecular weight is 402 g/mol. The molecule has 148 valence electrons. The van der Waals surface area contributed by atoms with Gasteiger partial charge in [-0.1, -0.05) is 6.07 Å². The van der Waals surface area contributed by atoms with Crippen molar-refractivity contribution in [3.8, 4) is 11.5 Å². The zero-order chi connectivity index (χ0) is 19.7. The second kappa shape index (κ2) is 7.35. The van der Waals surface area contributed by atoms with Gasteiger partial charge in [-0.25, -0.2) is 8.42 Å². The molecule has 0 radical (unpaired) electrons. The van der Waals surface area contributed by atoms with Crippen LogP contribution < -0.4 is 14.2 Å². The molecule has 2 aromatic rings. The lowest BCUT2D eigenvalue weighted by Crippen LogP contribution is -2.36. The van der Waals surface area contributed by atoms with Gasteiger partial charge in [-0.15, -0.1) is 0 Å². The Morgan fingerprint density at radius 1 is 1.00 bits per heavy atom. The van der Waals surface area contributed by atoms with E-state index in [1.54, 1.807) is 29.2 Å². The van der Waals surface area contributed by atoms with Crippen molar-refractivity contribution in [3.05, 3.63) is 47.5 Å². The molecule has 0 spiro atoms. The number of amides is 1. The lowest BCUT2D eigenvalue weighted by atomic mass is 10.1. The number of piperidine rings is 1. The third-order valence-corrected chi connectivity index (χ3v) is 6.40. The summed E-state index contributed by atoms with van der Waals surface area (Å²) in [4.78, 5) is 14.7. The Morgan fingerprint density at radius 3 is 2.54 bits per heavy atom. The van der Waals surface area contributed by atoms with Crippen molar-refractivity contribution in [2.24, 2.45) is 0 Å². The highest BCUT2D eigenvalue weighted by Crippen LogP contribution is 2.35. The smallest absolute Gasteiger partial charge is 0.261 e. The van der Waals surface area contributed by atoms with E-state index in [4.69, 9.17) is 9.47 Å². The molecule has 7 nitrogen and oxygen atoms in total. The average Bonchev–Trinajstić information content (AvgIpc) is 3.16. The highest BCUT2D eigenvalue weighted by Gasteiger charge is 2.23. The van der Waals surface area contributed by atoms with E-state index in [1.165, 1.54) is 12.1 Å². The summed E-state index contributed by atoms with van der Waals surface area (Å²) < 4.78 is 38.8. The number of hydrogen-bond donors (Lipinski definition) is 1. The molecule has 1 amide bonds. The standard InChI is InChI=1S/C20H22N2O5S/c1-14-5-7-16(12-17(14)20(23)22-9-3-2-4-10-22)28(24,25)21-15-6-8-18-19(11-15)27-13-26-18/h5-8,11-12,21H,2-4,9-10,13H2,1H3. The monoisotopic (exact) mass is 402 g/mol. The number of benzene rings is 2. The number of nitrogens with one attached hydrogen (secondary N) is 1. The molecular formula is C20H22N2O5S. The molecule has 2 aromatic carbocycles. The van der Waals surface area contributed by atoms with Gasteiger partial charge in [0.2, 0.25) is 6.79 Å².